The van der Waals surface area contributed by atoms with Crippen molar-refractivity contribution in [3.8, 4) is 0 Å². The summed E-state index contributed by atoms with van der Waals surface area (Å²) < 4.78 is 1.03. The third kappa shape index (κ3) is 4.26. The van der Waals surface area contributed by atoms with Gasteiger partial charge in [0.1, 0.15) is 11.6 Å². The maximum Gasteiger partial charge on any atom is 0.144 e. The van der Waals surface area contributed by atoms with Crippen LogP contribution >= 0.6 is 15.9 Å². The van der Waals surface area contributed by atoms with E-state index in [0.717, 1.165) is 60.5 Å². The second-order valence-corrected chi connectivity index (χ2v) is 4.97. The summed E-state index contributed by atoms with van der Waals surface area (Å²) in [5.41, 5.74) is 1.13. The van der Waals surface area contributed by atoms with Crippen LogP contribution in [0, 0.1) is 0 Å². The Morgan fingerprint density at radius 1 is 1.00 bits per heavy atom. The minimum Gasteiger partial charge on any atom is -0.369 e. The molecule has 0 aliphatic heterocycles. The van der Waals surface area contributed by atoms with Crippen molar-refractivity contribution >= 4 is 21.7 Å². The molecule has 0 aromatic carbocycles. The molecule has 1 rings (SSSR count). The number of halogens is 1. The van der Waals surface area contributed by atoms with Gasteiger partial charge in [-0.1, -0.05) is 27.2 Å². The molecule has 0 amide bonds. The standard InChI is InChI=1S/C13H22BrN3/c1-4-7-10-12(14)13(15-9-6-3)17-11(16-10)8-5-2/h4-9H2,1-3H3,(H,15,16,17). The molecule has 0 saturated heterocycles. The summed E-state index contributed by atoms with van der Waals surface area (Å²) in [7, 11) is 0. The van der Waals surface area contributed by atoms with Crippen molar-refractivity contribution in [3.05, 3.63) is 16.0 Å². The van der Waals surface area contributed by atoms with Crippen LogP contribution in [0.15, 0.2) is 4.47 Å². The average Bonchev–Trinajstić information content (AvgIpc) is 2.32. The molecule has 1 heterocycles. The van der Waals surface area contributed by atoms with E-state index in [1.54, 1.807) is 0 Å². The first-order valence-corrected chi connectivity index (χ1v) is 7.31. The van der Waals surface area contributed by atoms with Crippen LogP contribution in [0.3, 0.4) is 0 Å². The molecule has 4 heteroatoms. The number of nitrogens with zero attached hydrogens (tertiary/aromatic N) is 2. The van der Waals surface area contributed by atoms with Crippen LogP contribution in [0.5, 0.6) is 0 Å². The molecular weight excluding hydrogens is 278 g/mol. The number of aromatic nitrogens is 2. The van der Waals surface area contributed by atoms with Crippen LogP contribution in [0.4, 0.5) is 5.82 Å². The molecule has 1 aromatic heterocycles. The van der Waals surface area contributed by atoms with Gasteiger partial charge >= 0.3 is 0 Å². The van der Waals surface area contributed by atoms with Crippen molar-refractivity contribution < 1.29 is 0 Å². The summed E-state index contributed by atoms with van der Waals surface area (Å²) in [5, 5.41) is 3.36. The molecule has 1 N–H and O–H groups in total. The van der Waals surface area contributed by atoms with E-state index in [4.69, 9.17) is 0 Å². The monoisotopic (exact) mass is 299 g/mol. The Labute approximate surface area is 113 Å². The van der Waals surface area contributed by atoms with Gasteiger partial charge in [0, 0.05) is 13.0 Å². The second-order valence-electron chi connectivity index (χ2n) is 4.18. The number of nitrogens with one attached hydrogen (secondary N) is 1. The molecule has 3 nitrogen and oxygen atoms in total. The Morgan fingerprint density at radius 2 is 1.71 bits per heavy atom. The highest BCUT2D eigenvalue weighted by Gasteiger charge is 2.10. The van der Waals surface area contributed by atoms with Gasteiger partial charge in [-0.05, 0) is 35.2 Å². The van der Waals surface area contributed by atoms with Crippen molar-refractivity contribution in [1.29, 1.82) is 0 Å². The van der Waals surface area contributed by atoms with Crippen LogP contribution in [-0.4, -0.2) is 16.5 Å². The third-order valence-corrected chi connectivity index (χ3v) is 3.30. The predicted octanol–water partition coefficient (Wildman–Crippen LogP) is 3.97. The van der Waals surface area contributed by atoms with Crippen LogP contribution in [0.2, 0.25) is 0 Å². The molecule has 0 fully saturated rings. The lowest BCUT2D eigenvalue weighted by molar-refractivity contribution is 0.787. The Kier molecular flexibility index (Phi) is 6.48. The molecule has 0 aliphatic rings. The van der Waals surface area contributed by atoms with E-state index in [0.29, 0.717) is 0 Å². The number of hydrogen-bond acceptors (Lipinski definition) is 3. The van der Waals surface area contributed by atoms with Gasteiger partial charge in [-0.15, -0.1) is 0 Å². The van der Waals surface area contributed by atoms with E-state index in [-0.39, 0.29) is 0 Å². The highest BCUT2D eigenvalue weighted by molar-refractivity contribution is 9.10. The van der Waals surface area contributed by atoms with E-state index in [1.165, 1.54) is 0 Å². The quantitative estimate of drug-likeness (QED) is 0.828. The van der Waals surface area contributed by atoms with Crippen molar-refractivity contribution in [2.45, 2.75) is 52.9 Å². The molecule has 0 bridgehead atoms. The molecule has 0 aliphatic carbocycles. The van der Waals surface area contributed by atoms with Crippen molar-refractivity contribution in [2.24, 2.45) is 0 Å². The maximum atomic E-state index is 4.62. The summed E-state index contributed by atoms with van der Waals surface area (Å²) in [6.07, 6.45) is 5.24. The van der Waals surface area contributed by atoms with Crippen molar-refractivity contribution in [3.63, 3.8) is 0 Å². The van der Waals surface area contributed by atoms with Crippen molar-refractivity contribution in [2.75, 3.05) is 11.9 Å². The first-order chi connectivity index (χ1) is 8.22. The fourth-order valence-corrected chi connectivity index (χ4v) is 2.16. The third-order valence-electron chi connectivity index (χ3n) is 2.47. The highest BCUT2D eigenvalue weighted by Crippen LogP contribution is 2.25. The van der Waals surface area contributed by atoms with Gasteiger partial charge in [-0.2, -0.15) is 0 Å². The van der Waals surface area contributed by atoms with Gasteiger partial charge < -0.3 is 5.32 Å². The lowest BCUT2D eigenvalue weighted by atomic mass is 10.2. The first kappa shape index (κ1) is 14.4. The van der Waals surface area contributed by atoms with Crippen LogP contribution in [-0.2, 0) is 12.8 Å². The summed E-state index contributed by atoms with van der Waals surface area (Å²) in [6, 6.07) is 0. The highest BCUT2D eigenvalue weighted by atomic mass is 79.9. The largest absolute Gasteiger partial charge is 0.369 e. The fourth-order valence-electron chi connectivity index (χ4n) is 1.64. The topological polar surface area (TPSA) is 37.8 Å². The van der Waals surface area contributed by atoms with Gasteiger partial charge in [-0.25, -0.2) is 9.97 Å². The van der Waals surface area contributed by atoms with E-state index in [1.807, 2.05) is 0 Å². The molecule has 0 saturated carbocycles. The predicted molar refractivity (Wildman–Crippen MR) is 76.5 cm³/mol. The normalized spacial score (nSPS) is 10.6. The zero-order valence-corrected chi connectivity index (χ0v) is 12.6. The van der Waals surface area contributed by atoms with Gasteiger partial charge in [0.15, 0.2) is 0 Å². The van der Waals surface area contributed by atoms with Gasteiger partial charge in [0.25, 0.3) is 0 Å². The summed E-state index contributed by atoms with van der Waals surface area (Å²) in [6.45, 7) is 7.44. The SMILES string of the molecule is CCCNc1nc(CCC)nc(CCC)c1Br. The van der Waals surface area contributed by atoms with Crippen LogP contribution < -0.4 is 5.32 Å². The second kappa shape index (κ2) is 7.64. The number of anilines is 1. The Balaban J connectivity index is 2.99. The van der Waals surface area contributed by atoms with E-state index in [9.17, 15) is 0 Å². The molecule has 0 spiro atoms. The lowest BCUT2D eigenvalue weighted by Crippen LogP contribution is -2.09. The van der Waals surface area contributed by atoms with Gasteiger partial charge in [0.2, 0.25) is 0 Å². The zero-order valence-electron chi connectivity index (χ0n) is 11.0. The van der Waals surface area contributed by atoms with Gasteiger partial charge in [-0.3, -0.25) is 0 Å². The summed E-state index contributed by atoms with van der Waals surface area (Å²) in [5.74, 6) is 1.91. The number of rotatable bonds is 7. The zero-order chi connectivity index (χ0) is 12.7. The lowest BCUT2D eigenvalue weighted by Gasteiger charge is -2.12. The number of hydrogen-bond donors (Lipinski definition) is 1. The van der Waals surface area contributed by atoms with Crippen LogP contribution in [0.25, 0.3) is 0 Å². The summed E-state index contributed by atoms with van der Waals surface area (Å²) >= 11 is 3.61. The maximum absolute atomic E-state index is 4.62. The molecule has 0 unspecified atom stereocenters. The Bertz CT molecular complexity index is 353. The van der Waals surface area contributed by atoms with Gasteiger partial charge in [0.05, 0.1) is 10.2 Å². The molecule has 96 valence electrons. The fraction of sp³-hybridized carbons (Fsp3) is 0.692. The molecule has 1 aromatic rings. The van der Waals surface area contributed by atoms with E-state index >= 15 is 0 Å². The first-order valence-electron chi connectivity index (χ1n) is 6.52. The Hall–Kier alpha value is -0.640. The molecule has 0 atom stereocenters. The number of aryl methyl sites for hydroxylation is 2. The van der Waals surface area contributed by atoms with E-state index in [2.05, 4.69) is 52.0 Å². The minimum atomic E-state index is 0.949. The smallest absolute Gasteiger partial charge is 0.144 e. The van der Waals surface area contributed by atoms with Crippen LogP contribution in [0.1, 0.15) is 51.6 Å². The Morgan fingerprint density at radius 3 is 2.29 bits per heavy atom. The van der Waals surface area contributed by atoms with Crippen molar-refractivity contribution in [1.82, 2.24) is 9.97 Å². The molecular formula is C13H22BrN3. The summed E-state index contributed by atoms with van der Waals surface area (Å²) in [4.78, 5) is 9.20. The molecule has 0 radical (unpaired) electrons. The average molecular weight is 300 g/mol. The van der Waals surface area contributed by atoms with E-state index < -0.39 is 0 Å². The minimum absolute atomic E-state index is 0.949. The molecule has 17 heavy (non-hydrogen) atoms.